The largest absolute Gasteiger partial charge is 1.00 e. The summed E-state index contributed by atoms with van der Waals surface area (Å²) in [5.41, 5.74) is 8.08. The van der Waals surface area contributed by atoms with E-state index in [1.165, 1.54) is 65.6 Å². The summed E-state index contributed by atoms with van der Waals surface area (Å²) in [6.07, 6.45) is 5.18. The monoisotopic (exact) mass is 493 g/mol. The molecule has 0 fully saturated rings. The van der Waals surface area contributed by atoms with Crippen LogP contribution in [0.25, 0.3) is 22.3 Å². The van der Waals surface area contributed by atoms with E-state index < -0.39 is 0 Å². The van der Waals surface area contributed by atoms with Gasteiger partial charge in [-0.3, -0.25) is 0 Å². The Labute approximate surface area is 206 Å². The van der Waals surface area contributed by atoms with Gasteiger partial charge in [-0.05, 0) is 65.5 Å². The van der Waals surface area contributed by atoms with Crippen LogP contribution in [-0.4, -0.2) is 32.2 Å². The van der Waals surface area contributed by atoms with Crippen LogP contribution < -0.4 is 17.0 Å². The molecule has 0 atom stereocenters. The van der Waals surface area contributed by atoms with E-state index in [2.05, 4.69) is 115 Å². The molecule has 0 unspecified atom stereocenters. The van der Waals surface area contributed by atoms with Crippen LogP contribution in [0, 0.1) is 6.92 Å². The number of rotatable bonds is 9. The topological polar surface area (TPSA) is 0 Å². The van der Waals surface area contributed by atoms with Crippen molar-refractivity contribution >= 4 is 0 Å². The molecule has 3 aromatic rings. The number of benzene rings is 3. The smallest absolute Gasteiger partial charge is 0.0780 e. The zero-order chi connectivity index (χ0) is 22.5. The van der Waals surface area contributed by atoms with Gasteiger partial charge in [-0.1, -0.05) is 92.6 Å². The average Bonchev–Trinajstić information content (AvgIpc) is 2.73. The highest BCUT2D eigenvalue weighted by atomic mass is 79.9. The highest BCUT2D eigenvalue weighted by molar-refractivity contribution is 5.73. The Balaban J connectivity index is 0.00000363. The number of aryl methyl sites for hydroxylation is 1. The maximum atomic E-state index is 2.39. The van der Waals surface area contributed by atoms with Crippen LogP contribution in [0.1, 0.15) is 50.7 Å². The summed E-state index contributed by atoms with van der Waals surface area (Å²) in [6, 6.07) is 26.9. The summed E-state index contributed by atoms with van der Waals surface area (Å²) >= 11 is 0. The molecule has 0 saturated carbocycles. The van der Waals surface area contributed by atoms with Gasteiger partial charge in [0, 0.05) is 0 Å². The molecule has 0 N–H and O–H groups in total. The van der Waals surface area contributed by atoms with Gasteiger partial charge in [0.05, 0.1) is 27.7 Å². The van der Waals surface area contributed by atoms with Gasteiger partial charge in [0.15, 0.2) is 0 Å². The number of nitrogens with zero attached hydrogens (tertiary/aromatic N) is 1. The quantitative estimate of drug-likeness (QED) is 0.294. The van der Waals surface area contributed by atoms with Gasteiger partial charge in [-0.15, -0.1) is 0 Å². The molecule has 172 valence electrons. The van der Waals surface area contributed by atoms with Crippen molar-refractivity contribution in [3.8, 4) is 22.3 Å². The van der Waals surface area contributed by atoms with E-state index in [1.807, 2.05) is 0 Å². The van der Waals surface area contributed by atoms with Crippen molar-refractivity contribution in [2.75, 3.05) is 27.7 Å². The fourth-order valence-corrected chi connectivity index (χ4v) is 4.21. The molecule has 0 heterocycles. The fraction of sp³-hybridized carbons (Fsp3) is 0.400. The SMILES string of the molecule is Cc1ccc(-c2cccc(-c3ccc(C(C)(C)CCCCC[N+](C)(C)C)cc3)c2)cc1.[Br-]. The zero-order valence-corrected chi connectivity index (χ0v) is 22.4. The Bertz CT molecular complexity index is 963. The molecule has 1 nitrogen and oxygen atoms in total. The lowest BCUT2D eigenvalue weighted by Crippen LogP contribution is -3.00. The summed E-state index contributed by atoms with van der Waals surface area (Å²) in [4.78, 5) is 0. The summed E-state index contributed by atoms with van der Waals surface area (Å²) < 4.78 is 1.07. The van der Waals surface area contributed by atoms with E-state index in [0.717, 1.165) is 4.48 Å². The van der Waals surface area contributed by atoms with Crippen molar-refractivity contribution in [2.24, 2.45) is 0 Å². The number of hydrogen-bond donors (Lipinski definition) is 0. The van der Waals surface area contributed by atoms with Crippen molar-refractivity contribution in [1.82, 2.24) is 0 Å². The predicted octanol–water partition coefficient (Wildman–Crippen LogP) is 4.88. The van der Waals surface area contributed by atoms with Gasteiger partial charge in [0.1, 0.15) is 0 Å². The molecule has 0 aromatic heterocycles. The van der Waals surface area contributed by atoms with Gasteiger partial charge < -0.3 is 21.5 Å². The number of quaternary nitrogens is 1. The average molecular weight is 495 g/mol. The standard InChI is InChI=1S/C30H40N.BrH/c1-24-13-15-25(16-14-24)27-11-10-12-28(23-27)26-17-19-29(20-18-26)30(2,3)21-8-7-9-22-31(4,5)6;/h10-20,23H,7-9,21-22H2,1-6H3;1H/q+1;/p-1. The second-order valence-corrected chi connectivity index (χ2v) is 10.7. The second kappa shape index (κ2) is 11.3. The van der Waals surface area contributed by atoms with Crippen molar-refractivity contribution in [1.29, 1.82) is 0 Å². The Morgan fingerprint density at radius 3 is 1.72 bits per heavy atom. The van der Waals surface area contributed by atoms with Crippen LogP contribution >= 0.6 is 0 Å². The molecule has 0 amide bonds. The van der Waals surface area contributed by atoms with Crippen LogP contribution in [0.5, 0.6) is 0 Å². The first-order valence-corrected chi connectivity index (χ1v) is 11.7. The van der Waals surface area contributed by atoms with E-state index in [4.69, 9.17) is 0 Å². The molecule has 2 heteroatoms. The number of hydrogen-bond acceptors (Lipinski definition) is 0. The molecule has 0 aliphatic heterocycles. The molecule has 0 aliphatic carbocycles. The predicted molar refractivity (Wildman–Crippen MR) is 136 cm³/mol. The van der Waals surface area contributed by atoms with Crippen LogP contribution in [0.15, 0.2) is 72.8 Å². The van der Waals surface area contributed by atoms with E-state index in [1.54, 1.807) is 0 Å². The fourth-order valence-electron chi connectivity index (χ4n) is 4.21. The van der Waals surface area contributed by atoms with Crippen molar-refractivity contribution in [2.45, 2.75) is 51.9 Å². The van der Waals surface area contributed by atoms with Crippen molar-refractivity contribution in [3.05, 3.63) is 83.9 Å². The normalized spacial score (nSPS) is 11.8. The molecule has 3 rings (SSSR count). The highest BCUT2D eigenvalue weighted by Gasteiger charge is 2.20. The molecular weight excluding hydrogens is 454 g/mol. The lowest BCUT2D eigenvalue weighted by Gasteiger charge is -2.27. The summed E-state index contributed by atoms with van der Waals surface area (Å²) in [7, 11) is 6.84. The molecule has 0 spiro atoms. The Hall–Kier alpha value is -1.90. The molecule has 0 bridgehead atoms. The third-order valence-electron chi connectivity index (χ3n) is 6.38. The van der Waals surface area contributed by atoms with E-state index >= 15 is 0 Å². The Morgan fingerprint density at radius 1 is 0.656 bits per heavy atom. The first kappa shape index (κ1) is 26.4. The molecule has 3 aromatic carbocycles. The van der Waals surface area contributed by atoms with Crippen molar-refractivity contribution in [3.63, 3.8) is 0 Å². The first-order chi connectivity index (χ1) is 14.6. The summed E-state index contributed by atoms with van der Waals surface area (Å²) in [5, 5.41) is 0. The minimum atomic E-state index is 0. The first-order valence-electron chi connectivity index (χ1n) is 11.7. The Morgan fingerprint density at radius 2 is 1.19 bits per heavy atom. The molecule has 0 aliphatic rings. The van der Waals surface area contributed by atoms with Gasteiger partial charge >= 0.3 is 0 Å². The molecule has 32 heavy (non-hydrogen) atoms. The second-order valence-electron chi connectivity index (χ2n) is 10.7. The maximum absolute atomic E-state index is 2.39. The third kappa shape index (κ3) is 7.60. The van der Waals surface area contributed by atoms with Crippen LogP contribution in [0.3, 0.4) is 0 Å². The summed E-state index contributed by atoms with van der Waals surface area (Å²) in [5.74, 6) is 0. The molecule has 0 radical (unpaired) electrons. The molecular formula is C30H40BrN. The van der Waals surface area contributed by atoms with Crippen LogP contribution in [0.4, 0.5) is 0 Å². The minimum absolute atomic E-state index is 0. The number of halogens is 1. The maximum Gasteiger partial charge on any atom is 0.0780 e. The van der Waals surface area contributed by atoms with Crippen LogP contribution in [-0.2, 0) is 5.41 Å². The van der Waals surface area contributed by atoms with Crippen LogP contribution in [0.2, 0.25) is 0 Å². The highest BCUT2D eigenvalue weighted by Crippen LogP contribution is 2.32. The van der Waals surface area contributed by atoms with E-state index in [9.17, 15) is 0 Å². The van der Waals surface area contributed by atoms with Crippen molar-refractivity contribution < 1.29 is 21.5 Å². The van der Waals surface area contributed by atoms with Gasteiger partial charge in [0.2, 0.25) is 0 Å². The van der Waals surface area contributed by atoms with E-state index in [0.29, 0.717) is 0 Å². The van der Waals surface area contributed by atoms with Gasteiger partial charge in [-0.2, -0.15) is 0 Å². The number of unbranched alkanes of at least 4 members (excludes halogenated alkanes) is 2. The lowest BCUT2D eigenvalue weighted by atomic mass is 9.79. The molecule has 0 saturated heterocycles. The van der Waals surface area contributed by atoms with Gasteiger partial charge in [0.25, 0.3) is 0 Å². The zero-order valence-electron chi connectivity index (χ0n) is 20.8. The third-order valence-corrected chi connectivity index (χ3v) is 6.38. The lowest BCUT2D eigenvalue weighted by molar-refractivity contribution is -0.870. The Kier molecular flexibility index (Phi) is 9.30. The van der Waals surface area contributed by atoms with Gasteiger partial charge in [-0.25, -0.2) is 0 Å². The minimum Gasteiger partial charge on any atom is -1.00 e. The summed E-state index contributed by atoms with van der Waals surface area (Å²) in [6.45, 7) is 8.17. The van der Waals surface area contributed by atoms with E-state index in [-0.39, 0.29) is 22.4 Å².